The molecule has 1 N–H and O–H groups in total. The first-order valence-electron chi connectivity index (χ1n) is 6.84. The van der Waals surface area contributed by atoms with E-state index in [1.165, 1.54) is 4.31 Å². The summed E-state index contributed by atoms with van der Waals surface area (Å²) in [6.07, 6.45) is 1.26. The number of sulfonamides is 1. The van der Waals surface area contributed by atoms with Gasteiger partial charge in [-0.2, -0.15) is 0 Å². The number of aliphatic carboxylic acids is 1. The zero-order valence-electron chi connectivity index (χ0n) is 12.4. The van der Waals surface area contributed by atoms with Gasteiger partial charge in [-0.05, 0) is 24.7 Å². The molecule has 0 aromatic rings. The van der Waals surface area contributed by atoms with Gasteiger partial charge in [-0.3, -0.25) is 4.79 Å². The molecule has 0 saturated carbocycles. The second-order valence-corrected chi connectivity index (χ2v) is 7.81. The van der Waals surface area contributed by atoms with Crippen molar-refractivity contribution in [1.29, 1.82) is 0 Å². The maximum Gasteiger partial charge on any atom is 0.304 e. The fraction of sp³-hybridized carbons (Fsp3) is 0.923. The molecule has 0 amide bonds. The van der Waals surface area contributed by atoms with Crippen LogP contribution < -0.4 is 0 Å². The van der Waals surface area contributed by atoms with E-state index in [2.05, 4.69) is 0 Å². The summed E-state index contributed by atoms with van der Waals surface area (Å²) >= 11 is 0. The molecule has 5 nitrogen and oxygen atoms in total. The molecular weight excluding hydrogens is 266 g/mol. The van der Waals surface area contributed by atoms with Gasteiger partial charge in [-0.1, -0.05) is 27.7 Å². The summed E-state index contributed by atoms with van der Waals surface area (Å²) in [7, 11) is -3.46. The van der Waals surface area contributed by atoms with Crippen LogP contribution in [0.2, 0.25) is 0 Å². The Morgan fingerprint density at radius 2 is 1.47 bits per heavy atom. The number of hydrogen-bond donors (Lipinski definition) is 1. The van der Waals surface area contributed by atoms with Crippen molar-refractivity contribution in [3.8, 4) is 0 Å². The Balaban J connectivity index is 4.63. The molecule has 0 spiro atoms. The van der Waals surface area contributed by atoms with E-state index in [4.69, 9.17) is 5.11 Å². The van der Waals surface area contributed by atoms with Gasteiger partial charge in [-0.15, -0.1) is 0 Å². The van der Waals surface area contributed by atoms with Gasteiger partial charge >= 0.3 is 5.97 Å². The van der Waals surface area contributed by atoms with E-state index < -0.39 is 16.0 Å². The van der Waals surface area contributed by atoms with Crippen LogP contribution in [0.4, 0.5) is 0 Å². The highest BCUT2D eigenvalue weighted by atomic mass is 32.2. The molecule has 0 aliphatic heterocycles. The molecule has 0 radical (unpaired) electrons. The van der Waals surface area contributed by atoms with Crippen molar-refractivity contribution in [1.82, 2.24) is 4.31 Å². The minimum absolute atomic E-state index is 0.307. The zero-order valence-corrected chi connectivity index (χ0v) is 13.2. The lowest BCUT2D eigenvalue weighted by Gasteiger charge is -2.23. The second kappa shape index (κ2) is 8.53. The normalized spacial score (nSPS) is 12.6. The molecule has 0 saturated heterocycles. The van der Waals surface area contributed by atoms with E-state index in [0.717, 1.165) is 12.8 Å². The van der Waals surface area contributed by atoms with Gasteiger partial charge in [0.25, 0.3) is 0 Å². The SMILES string of the molecule is CC(C)CCN(CCC(C)C)S(=O)(=O)CCC(=O)O. The van der Waals surface area contributed by atoms with Gasteiger partial charge in [0.1, 0.15) is 0 Å². The van der Waals surface area contributed by atoms with E-state index in [1.807, 2.05) is 27.7 Å². The molecule has 0 aliphatic carbocycles. The molecular formula is C13H27NO4S. The van der Waals surface area contributed by atoms with Crippen molar-refractivity contribution < 1.29 is 18.3 Å². The summed E-state index contributed by atoms with van der Waals surface area (Å²) in [6, 6.07) is 0. The van der Waals surface area contributed by atoms with E-state index in [0.29, 0.717) is 24.9 Å². The average molecular weight is 293 g/mol. The van der Waals surface area contributed by atoms with E-state index in [1.54, 1.807) is 0 Å². The van der Waals surface area contributed by atoms with Crippen molar-refractivity contribution in [3.63, 3.8) is 0 Å². The van der Waals surface area contributed by atoms with Crippen LogP contribution in [0.25, 0.3) is 0 Å². The van der Waals surface area contributed by atoms with Crippen molar-refractivity contribution in [2.24, 2.45) is 11.8 Å². The van der Waals surface area contributed by atoms with Crippen LogP contribution in [0.1, 0.15) is 47.0 Å². The highest BCUT2D eigenvalue weighted by Gasteiger charge is 2.22. The third-order valence-electron chi connectivity index (χ3n) is 2.88. The molecule has 0 bridgehead atoms. The topological polar surface area (TPSA) is 74.7 Å². The average Bonchev–Trinajstić information content (AvgIpc) is 2.25. The molecule has 0 aromatic heterocycles. The van der Waals surface area contributed by atoms with Crippen LogP contribution >= 0.6 is 0 Å². The van der Waals surface area contributed by atoms with Gasteiger partial charge in [0.05, 0.1) is 12.2 Å². The molecule has 6 heteroatoms. The number of hydrogen-bond acceptors (Lipinski definition) is 3. The van der Waals surface area contributed by atoms with Crippen LogP contribution in [-0.4, -0.2) is 42.6 Å². The molecule has 0 aliphatic rings. The van der Waals surface area contributed by atoms with E-state index in [9.17, 15) is 13.2 Å². The molecule has 114 valence electrons. The van der Waals surface area contributed by atoms with Crippen molar-refractivity contribution >= 4 is 16.0 Å². The van der Waals surface area contributed by atoms with E-state index in [-0.39, 0.29) is 12.2 Å². The minimum Gasteiger partial charge on any atom is -0.481 e. The Kier molecular flexibility index (Phi) is 8.25. The number of carboxylic acids is 1. The zero-order chi connectivity index (χ0) is 15.1. The molecule has 19 heavy (non-hydrogen) atoms. The Labute approximate surface area is 117 Å². The summed E-state index contributed by atoms with van der Waals surface area (Å²) in [5, 5.41) is 8.61. The van der Waals surface area contributed by atoms with Crippen LogP contribution in [0.5, 0.6) is 0 Å². The van der Waals surface area contributed by atoms with Gasteiger partial charge in [0.2, 0.25) is 10.0 Å². The highest BCUT2D eigenvalue weighted by Crippen LogP contribution is 2.12. The van der Waals surface area contributed by atoms with Crippen LogP contribution in [-0.2, 0) is 14.8 Å². The van der Waals surface area contributed by atoms with Gasteiger partial charge in [0, 0.05) is 13.1 Å². The first-order chi connectivity index (χ1) is 8.65. The second-order valence-electron chi connectivity index (χ2n) is 5.72. The summed E-state index contributed by atoms with van der Waals surface area (Å²) < 4.78 is 25.7. The molecule has 0 unspecified atom stereocenters. The maximum absolute atomic E-state index is 12.1. The lowest BCUT2D eigenvalue weighted by atomic mass is 10.1. The van der Waals surface area contributed by atoms with E-state index >= 15 is 0 Å². The number of nitrogens with zero attached hydrogens (tertiary/aromatic N) is 1. The summed E-state index contributed by atoms with van der Waals surface area (Å²) in [5.41, 5.74) is 0. The smallest absolute Gasteiger partial charge is 0.304 e. The third-order valence-corrected chi connectivity index (χ3v) is 4.75. The van der Waals surface area contributed by atoms with Crippen LogP contribution in [0.3, 0.4) is 0 Å². The summed E-state index contributed by atoms with van der Waals surface area (Å²) in [4.78, 5) is 10.5. The monoisotopic (exact) mass is 293 g/mol. The lowest BCUT2D eigenvalue weighted by molar-refractivity contribution is -0.136. The number of carboxylic acid groups (broad SMARTS) is 1. The number of rotatable bonds is 10. The Morgan fingerprint density at radius 1 is 1.05 bits per heavy atom. The van der Waals surface area contributed by atoms with Crippen LogP contribution in [0, 0.1) is 11.8 Å². The molecule has 0 atom stereocenters. The molecule has 0 heterocycles. The standard InChI is InChI=1S/C13H27NO4S/c1-11(2)5-8-14(9-6-12(3)4)19(17,18)10-7-13(15)16/h11-12H,5-10H2,1-4H3,(H,15,16). The quantitative estimate of drug-likeness (QED) is 0.670. The summed E-state index contributed by atoms with van der Waals surface area (Å²) in [5.74, 6) is -0.526. The fourth-order valence-electron chi connectivity index (χ4n) is 1.54. The molecule has 0 aromatic carbocycles. The Bertz CT molecular complexity index is 351. The van der Waals surface area contributed by atoms with Gasteiger partial charge in [-0.25, -0.2) is 12.7 Å². The molecule has 0 fully saturated rings. The first kappa shape index (κ1) is 18.4. The summed E-state index contributed by atoms with van der Waals surface area (Å²) in [6.45, 7) is 9.14. The predicted octanol–water partition coefficient (Wildman–Crippen LogP) is 2.19. The lowest BCUT2D eigenvalue weighted by Crippen LogP contribution is -2.36. The van der Waals surface area contributed by atoms with Gasteiger partial charge < -0.3 is 5.11 Å². The Morgan fingerprint density at radius 3 is 1.79 bits per heavy atom. The highest BCUT2D eigenvalue weighted by molar-refractivity contribution is 7.89. The van der Waals surface area contributed by atoms with Crippen molar-refractivity contribution in [3.05, 3.63) is 0 Å². The Hall–Kier alpha value is -0.620. The minimum atomic E-state index is -3.46. The van der Waals surface area contributed by atoms with Gasteiger partial charge in [0.15, 0.2) is 0 Å². The van der Waals surface area contributed by atoms with Crippen molar-refractivity contribution in [2.45, 2.75) is 47.0 Å². The van der Waals surface area contributed by atoms with Crippen molar-refractivity contribution in [2.75, 3.05) is 18.8 Å². The number of carbonyl (C=O) groups is 1. The molecule has 0 rings (SSSR count). The first-order valence-corrected chi connectivity index (χ1v) is 8.45. The third kappa shape index (κ3) is 8.99. The predicted molar refractivity (Wildman–Crippen MR) is 76.5 cm³/mol. The largest absolute Gasteiger partial charge is 0.481 e. The maximum atomic E-state index is 12.1. The van der Waals surface area contributed by atoms with Crippen LogP contribution in [0.15, 0.2) is 0 Å². The fourth-order valence-corrected chi connectivity index (χ4v) is 3.00.